The normalized spacial score (nSPS) is 11.9. The molecular weight excluding hydrogens is 257 g/mol. The van der Waals surface area contributed by atoms with E-state index in [0.717, 1.165) is 5.56 Å². The zero-order chi connectivity index (χ0) is 14.4. The minimum absolute atomic E-state index is 0.0965. The van der Waals surface area contributed by atoms with Gasteiger partial charge in [0, 0.05) is 6.54 Å². The molecule has 3 nitrogen and oxygen atoms in total. The van der Waals surface area contributed by atoms with E-state index in [1.165, 1.54) is 12.1 Å². The molecule has 0 bridgehead atoms. The highest BCUT2D eigenvalue weighted by molar-refractivity contribution is 5.78. The summed E-state index contributed by atoms with van der Waals surface area (Å²) >= 11 is 0. The van der Waals surface area contributed by atoms with Gasteiger partial charge >= 0.3 is 0 Å². The van der Waals surface area contributed by atoms with E-state index in [2.05, 4.69) is 5.32 Å². The van der Waals surface area contributed by atoms with Crippen molar-refractivity contribution >= 4 is 5.91 Å². The van der Waals surface area contributed by atoms with Gasteiger partial charge in [0.25, 0.3) is 0 Å². The lowest BCUT2D eigenvalue weighted by atomic mass is 10.1. The highest BCUT2D eigenvalue weighted by Crippen LogP contribution is 2.10. The third kappa shape index (κ3) is 4.17. The summed E-state index contributed by atoms with van der Waals surface area (Å²) in [5, 5.41) is 12.5. The zero-order valence-corrected chi connectivity index (χ0v) is 10.9. The molecule has 1 unspecified atom stereocenters. The topological polar surface area (TPSA) is 49.3 Å². The average molecular weight is 273 g/mol. The fourth-order valence-corrected chi connectivity index (χ4v) is 1.90. The van der Waals surface area contributed by atoms with Crippen LogP contribution in [0.1, 0.15) is 17.2 Å². The smallest absolute Gasteiger partial charge is 0.224 e. The van der Waals surface area contributed by atoms with Gasteiger partial charge in [-0.25, -0.2) is 4.39 Å². The fourth-order valence-electron chi connectivity index (χ4n) is 1.90. The largest absolute Gasteiger partial charge is 0.387 e. The van der Waals surface area contributed by atoms with Crippen LogP contribution in [-0.4, -0.2) is 17.6 Å². The molecule has 20 heavy (non-hydrogen) atoms. The predicted octanol–water partition coefficient (Wildman–Crippen LogP) is 2.22. The van der Waals surface area contributed by atoms with Crippen LogP contribution in [0.15, 0.2) is 54.6 Å². The van der Waals surface area contributed by atoms with Crippen LogP contribution < -0.4 is 5.32 Å². The van der Waals surface area contributed by atoms with Gasteiger partial charge in [-0.2, -0.15) is 0 Å². The van der Waals surface area contributed by atoms with E-state index in [9.17, 15) is 14.3 Å². The van der Waals surface area contributed by atoms with E-state index < -0.39 is 6.10 Å². The first kappa shape index (κ1) is 14.2. The van der Waals surface area contributed by atoms with Crippen molar-refractivity contribution in [3.05, 3.63) is 71.5 Å². The third-order valence-corrected chi connectivity index (χ3v) is 2.93. The van der Waals surface area contributed by atoms with Crippen molar-refractivity contribution in [1.82, 2.24) is 5.32 Å². The Hall–Kier alpha value is -2.20. The second-order valence-electron chi connectivity index (χ2n) is 4.54. The quantitative estimate of drug-likeness (QED) is 0.877. The Bertz CT molecular complexity index is 572. The van der Waals surface area contributed by atoms with Crippen LogP contribution in [-0.2, 0) is 11.2 Å². The Morgan fingerprint density at radius 2 is 1.90 bits per heavy atom. The summed E-state index contributed by atoms with van der Waals surface area (Å²) < 4.78 is 13.0. The zero-order valence-electron chi connectivity index (χ0n) is 10.9. The van der Waals surface area contributed by atoms with E-state index in [4.69, 9.17) is 0 Å². The second kappa shape index (κ2) is 6.82. The molecular formula is C16H16FNO2. The first-order chi connectivity index (χ1) is 9.65. The van der Waals surface area contributed by atoms with Gasteiger partial charge < -0.3 is 10.4 Å². The third-order valence-electron chi connectivity index (χ3n) is 2.93. The molecule has 0 fully saturated rings. The molecule has 0 aromatic heterocycles. The van der Waals surface area contributed by atoms with Gasteiger partial charge in [0.1, 0.15) is 5.82 Å². The minimum atomic E-state index is -0.743. The number of carbonyl (C=O) groups excluding carboxylic acids is 1. The Kier molecular flexibility index (Phi) is 4.85. The van der Waals surface area contributed by atoms with Gasteiger partial charge in [-0.05, 0) is 23.3 Å². The summed E-state index contributed by atoms with van der Waals surface area (Å²) in [7, 11) is 0. The molecule has 0 saturated heterocycles. The highest BCUT2D eigenvalue weighted by atomic mass is 19.1. The van der Waals surface area contributed by atoms with Crippen LogP contribution in [0, 0.1) is 5.82 Å². The number of hydrogen-bond acceptors (Lipinski definition) is 2. The monoisotopic (exact) mass is 273 g/mol. The van der Waals surface area contributed by atoms with Crippen molar-refractivity contribution in [3.63, 3.8) is 0 Å². The number of amides is 1. The number of rotatable bonds is 5. The van der Waals surface area contributed by atoms with Gasteiger partial charge in [-0.15, -0.1) is 0 Å². The lowest BCUT2D eigenvalue weighted by Crippen LogP contribution is -2.29. The molecule has 2 rings (SSSR count). The van der Waals surface area contributed by atoms with E-state index >= 15 is 0 Å². The molecule has 0 aliphatic rings. The summed E-state index contributed by atoms with van der Waals surface area (Å²) in [6, 6.07) is 15.0. The predicted molar refractivity (Wildman–Crippen MR) is 74.5 cm³/mol. The molecule has 0 aliphatic carbocycles. The lowest BCUT2D eigenvalue weighted by molar-refractivity contribution is -0.120. The average Bonchev–Trinajstić information content (AvgIpc) is 2.46. The Morgan fingerprint density at radius 3 is 2.60 bits per heavy atom. The summed E-state index contributed by atoms with van der Waals surface area (Å²) in [5.74, 6) is -0.606. The Morgan fingerprint density at radius 1 is 1.15 bits per heavy atom. The number of nitrogens with one attached hydrogen (secondary N) is 1. The molecule has 2 aromatic carbocycles. The summed E-state index contributed by atoms with van der Waals surface area (Å²) in [6.45, 7) is 0.137. The van der Waals surface area contributed by atoms with Crippen molar-refractivity contribution in [1.29, 1.82) is 0 Å². The molecule has 1 atom stereocenters. The molecule has 0 heterocycles. The van der Waals surface area contributed by atoms with Crippen molar-refractivity contribution in [2.75, 3.05) is 6.54 Å². The Balaban J connectivity index is 1.83. The van der Waals surface area contributed by atoms with Crippen LogP contribution in [0.5, 0.6) is 0 Å². The lowest BCUT2D eigenvalue weighted by Gasteiger charge is -2.12. The van der Waals surface area contributed by atoms with Gasteiger partial charge in [0.15, 0.2) is 0 Å². The van der Waals surface area contributed by atoms with E-state index in [1.807, 2.05) is 18.2 Å². The standard InChI is InChI=1S/C16H16FNO2/c17-14-8-4-5-12(9-14)10-16(20)18-11-15(19)13-6-2-1-3-7-13/h1-9,15,19H,10-11H2,(H,18,20). The second-order valence-corrected chi connectivity index (χ2v) is 4.54. The molecule has 0 saturated carbocycles. The maximum Gasteiger partial charge on any atom is 0.224 e. The summed E-state index contributed by atoms with van der Waals surface area (Å²) in [5.41, 5.74) is 1.36. The van der Waals surface area contributed by atoms with E-state index in [-0.39, 0.29) is 24.7 Å². The molecule has 4 heteroatoms. The summed E-state index contributed by atoms with van der Waals surface area (Å²) in [6.07, 6.45) is -0.646. The molecule has 1 amide bonds. The molecule has 0 spiro atoms. The van der Waals surface area contributed by atoms with E-state index in [0.29, 0.717) is 5.56 Å². The molecule has 2 aromatic rings. The number of aliphatic hydroxyl groups excluding tert-OH is 1. The first-order valence-corrected chi connectivity index (χ1v) is 6.39. The van der Waals surface area contributed by atoms with Gasteiger partial charge in [0.05, 0.1) is 12.5 Å². The van der Waals surface area contributed by atoms with Gasteiger partial charge in [0.2, 0.25) is 5.91 Å². The fraction of sp³-hybridized carbons (Fsp3) is 0.188. The number of benzene rings is 2. The number of aliphatic hydroxyl groups is 1. The van der Waals surface area contributed by atoms with Crippen molar-refractivity contribution in [2.24, 2.45) is 0 Å². The summed E-state index contributed by atoms with van der Waals surface area (Å²) in [4.78, 5) is 11.7. The van der Waals surface area contributed by atoms with Gasteiger partial charge in [-0.3, -0.25) is 4.79 Å². The maximum absolute atomic E-state index is 13.0. The van der Waals surface area contributed by atoms with Gasteiger partial charge in [-0.1, -0.05) is 42.5 Å². The Labute approximate surface area is 117 Å². The van der Waals surface area contributed by atoms with Crippen molar-refractivity contribution in [3.8, 4) is 0 Å². The van der Waals surface area contributed by atoms with Crippen LogP contribution in [0.25, 0.3) is 0 Å². The van der Waals surface area contributed by atoms with Crippen molar-refractivity contribution < 1.29 is 14.3 Å². The number of carbonyl (C=O) groups is 1. The highest BCUT2D eigenvalue weighted by Gasteiger charge is 2.09. The van der Waals surface area contributed by atoms with E-state index in [1.54, 1.807) is 24.3 Å². The van der Waals surface area contributed by atoms with Crippen LogP contribution in [0.3, 0.4) is 0 Å². The SMILES string of the molecule is O=C(Cc1cccc(F)c1)NCC(O)c1ccccc1. The number of hydrogen-bond donors (Lipinski definition) is 2. The van der Waals surface area contributed by atoms with Crippen LogP contribution >= 0.6 is 0 Å². The minimum Gasteiger partial charge on any atom is -0.387 e. The number of halogens is 1. The molecule has 0 radical (unpaired) electrons. The van der Waals surface area contributed by atoms with Crippen LogP contribution in [0.2, 0.25) is 0 Å². The van der Waals surface area contributed by atoms with Crippen LogP contribution in [0.4, 0.5) is 4.39 Å². The maximum atomic E-state index is 13.0. The first-order valence-electron chi connectivity index (χ1n) is 6.39. The molecule has 104 valence electrons. The van der Waals surface area contributed by atoms with Crippen molar-refractivity contribution in [2.45, 2.75) is 12.5 Å². The molecule has 2 N–H and O–H groups in total. The molecule has 0 aliphatic heterocycles.